The van der Waals surface area contributed by atoms with E-state index in [4.69, 9.17) is 0 Å². The largest absolute Gasteiger partial charge is 0.355 e. The molecule has 30 heavy (non-hydrogen) atoms. The van der Waals surface area contributed by atoms with Crippen LogP contribution in [0.25, 0.3) is 20.2 Å². The Balaban J connectivity index is 1.31. The van der Waals surface area contributed by atoms with E-state index in [-0.39, 0.29) is 11.5 Å². The Hall–Kier alpha value is -2.29. The van der Waals surface area contributed by atoms with Gasteiger partial charge in [-0.15, -0.1) is 11.3 Å². The van der Waals surface area contributed by atoms with Gasteiger partial charge in [-0.3, -0.25) is 14.5 Å². The molecule has 0 saturated carbocycles. The minimum absolute atomic E-state index is 0.0379. The average molecular weight is 428 g/mol. The molecule has 1 saturated heterocycles. The van der Waals surface area contributed by atoms with Gasteiger partial charge >= 0.3 is 0 Å². The zero-order chi connectivity index (χ0) is 21.1. The third-order valence-corrected chi connectivity index (χ3v) is 7.04. The van der Waals surface area contributed by atoms with Crippen molar-refractivity contribution >= 4 is 37.4 Å². The molecule has 1 amide bonds. The smallest absolute Gasteiger partial charge is 0.276 e. The van der Waals surface area contributed by atoms with Crippen molar-refractivity contribution in [1.29, 1.82) is 0 Å². The number of likely N-dealkylation sites (N-methyl/N-ethyl adjacent to an activating group) is 1. The predicted molar refractivity (Wildman–Crippen MR) is 122 cm³/mol. The fourth-order valence-electron chi connectivity index (χ4n) is 3.97. The molecule has 1 aromatic carbocycles. The summed E-state index contributed by atoms with van der Waals surface area (Å²) < 4.78 is 3.58. The topological polar surface area (TPSA) is 70.5 Å². The van der Waals surface area contributed by atoms with Crippen LogP contribution in [0.1, 0.15) is 18.5 Å². The molecule has 7 nitrogen and oxygen atoms in total. The maximum Gasteiger partial charge on any atom is 0.276 e. The number of hydrogen-bond acceptors (Lipinski definition) is 6. The molecule has 1 N–H and O–H groups in total. The Kier molecular flexibility index (Phi) is 6.46. The first-order valence-corrected chi connectivity index (χ1v) is 11.4. The highest BCUT2D eigenvalue weighted by molar-refractivity contribution is 7.26. The number of amides is 1. The summed E-state index contributed by atoms with van der Waals surface area (Å²) in [5, 5.41) is 9.24. The lowest BCUT2D eigenvalue weighted by Gasteiger charge is -2.32. The minimum atomic E-state index is -0.0662. The van der Waals surface area contributed by atoms with Crippen LogP contribution in [0.15, 0.2) is 29.1 Å². The van der Waals surface area contributed by atoms with Crippen molar-refractivity contribution in [2.45, 2.75) is 26.3 Å². The summed E-state index contributed by atoms with van der Waals surface area (Å²) in [6, 6.07) is 7.98. The molecule has 0 unspecified atom stereocenters. The molecule has 2 aromatic heterocycles. The van der Waals surface area contributed by atoms with E-state index >= 15 is 0 Å². The maximum atomic E-state index is 13.0. The van der Waals surface area contributed by atoms with Gasteiger partial charge in [0.15, 0.2) is 0 Å². The van der Waals surface area contributed by atoms with Crippen LogP contribution in [0.4, 0.5) is 0 Å². The lowest BCUT2D eigenvalue weighted by atomic mass is 10.2. The van der Waals surface area contributed by atoms with Gasteiger partial charge in [-0.25, -0.2) is 4.68 Å². The van der Waals surface area contributed by atoms with Gasteiger partial charge in [0.2, 0.25) is 5.91 Å². The molecular formula is C22H29N5O2S. The molecule has 0 radical (unpaired) electrons. The fraction of sp³-hybridized carbons (Fsp3) is 0.500. The number of carbonyl (C=O) groups excluding carboxylic acids is 1. The van der Waals surface area contributed by atoms with Crippen LogP contribution < -0.4 is 10.9 Å². The van der Waals surface area contributed by atoms with Crippen molar-refractivity contribution in [3.8, 4) is 0 Å². The Labute approximate surface area is 180 Å². The molecule has 1 aliphatic heterocycles. The summed E-state index contributed by atoms with van der Waals surface area (Å²) in [5.41, 5.74) is 0.797. The summed E-state index contributed by atoms with van der Waals surface area (Å²) in [6.45, 7) is 8.23. The average Bonchev–Trinajstić information content (AvgIpc) is 3.13. The maximum absolute atomic E-state index is 13.0. The van der Waals surface area contributed by atoms with E-state index in [1.165, 1.54) is 4.68 Å². The van der Waals surface area contributed by atoms with E-state index in [0.717, 1.165) is 58.6 Å². The monoisotopic (exact) mass is 427 g/mol. The van der Waals surface area contributed by atoms with Gasteiger partial charge in [-0.2, -0.15) is 5.10 Å². The van der Waals surface area contributed by atoms with Gasteiger partial charge in [0.1, 0.15) is 0 Å². The first-order valence-electron chi connectivity index (χ1n) is 10.6. The molecule has 1 aliphatic rings. The lowest BCUT2D eigenvalue weighted by Crippen LogP contribution is -2.46. The van der Waals surface area contributed by atoms with Crippen LogP contribution in [-0.4, -0.2) is 71.8 Å². The second kappa shape index (κ2) is 9.24. The molecule has 0 spiro atoms. The van der Waals surface area contributed by atoms with Gasteiger partial charge < -0.3 is 10.2 Å². The van der Waals surface area contributed by atoms with E-state index in [0.29, 0.717) is 25.9 Å². The van der Waals surface area contributed by atoms with Crippen molar-refractivity contribution in [2.75, 3.05) is 46.3 Å². The van der Waals surface area contributed by atoms with E-state index in [9.17, 15) is 9.59 Å². The summed E-state index contributed by atoms with van der Waals surface area (Å²) in [7, 11) is 2.14. The molecular weight excluding hydrogens is 398 g/mol. The molecule has 0 bridgehead atoms. The van der Waals surface area contributed by atoms with Gasteiger partial charge in [0.05, 0.1) is 15.8 Å². The number of aromatic nitrogens is 2. The number of benzene rings is 1. The Morgan fingerprint density at radius 2 is 1.93 bits per heavy atom. The van der Waals surface area contributed by atoms with Crippen LogP contribution in [0.3, 0.4) is 0 Å². The summed E-state index contributed by atoms with van der Waals surface area (Å²) in [6.07, 6.45) is 0.999. The van der Waals surface area contributed by atoms with Crippen molar-refractivity contribution in [3.05, 3.63) is 40.3 Å². The number of piperazine rings is 1. The Morgan fingerprint density at radius 3 is 2.73 bits per heavy atom. The number of nitrogens with zero attached hydrogens (tertiary/aromatic N) is 4. The zero-order valence-corrected chi connectivity index (χ0v) is 18.5. The van der Waals surface area contributed by atoms with Gasteiger partial charge in [-0.1, -0.05) is 18.2 Å². The Morgan fingerprint density at radius 1 is 1.17 bits per heavy atom. The number of carbonyl (C=O) groups is 1. The molecule has 4 rings (SSSR count). The fourth-order valence-corrected chi connectivity index (χ4v) is 5.10. The van der Waals surface area contributed by atoms with E-state index < -0.39 is 0 Å². The molecule has 0 aliphatic carbocycles. The number of rotatable bonds is 7. The zero-order valence-electron chi connectivity index (χ0n) is 17.7. The second-order valence-electron chi connectivity index (χ2n) is 8.01. The van der Waals surface area contributed by atoms with E-state index in [1.807, 2.05) is 31.2 Å². The molecule has 3 heterocycles. The Bertz CT molecular complexity index is 1100. The number of fused-ring (bicyclic) bond motifs is 3. The highest BCUT2D eigenvalue weighted by atomic mass is 32.1. The van der Waals surface area contributed by atoms with Gasteiger partial charge in [-0.05, 0) is 26.5 Å². The quantitative estimate of drug-likeness (QED) is 0.625. The SMILES string of the molecule is Cc1nn(CCCC(=O)NCCN2CCN(C)CC2)c(=O)c2c1sc1ccccc12. The van der Waals surface area contributed by atoms with Crippen LogP contribution >= 0.6 is 11.3 Å². The van der Waals surface area contributed by atoms with Crippen LogP contribution in [-0.2, 0) is 11.3 Å². The van der Waals surface area contributed by atoms with Gasteiger partial charge in [0.25, 0.3) is 5.56 Å². The third-order valence-electron chi connectivity index (χ3n) is 5.76. The molecule has 3 aromatic rings. The van der Waals surface area contributed by atoms with Crippen molar-refractivity contribution in [1.82, 2.24) is 24.9 Å². The molecule has 160 valence electrons. The number of nitrogens with one attached hydrogen (secondary N) is 1. The van der Waals surface area contributed by atoms with Crippen LogP contribution in [0, 0.1) is 6.92 Å². The van der Waals surface area contributed by atoms with E-state index in [1.54, 1.807) is 11.3 Å². The van der Waals surface area contributed by atoms with E-state index in [2.05, 4.69) is 27.3 Å². The minimum Gasteiger partial charge on any atom is -0.355 e. The van der Waals surface area contributed by atoms with Gasteiger partial charge in [0, 0.05) is 62.3 Å². The first kappa shape index (κ1) is 21.0. The predicted octanol–water partition coefficient (Wildman–Crippen LogP) is 2.06. The molecule has 0 atom stereocenters. The summed E-state index contributed by atoms with van der Waals surface area (Å²) in [5.74, 6) is 0.0379. The lowest BCUT2D eigenvalue weighted by molar-refractivity contribution is -0.121. The summed E-state index contributed by atoms with van der Waals surface area (Å²) >= 11 is 1.61. The van der Waals surface area contributed by atoms with Crippen molar-refractivity contribution < 1.29 is 4.79 Å². The second-order valence-corrected chi connectivity index (χ2v) is 9.07. The van der Waals surface area contributed by atoms with Crippen molar-refractivity contribution in [3.63, 3.8) is 0 Å². The van der Waals surface area contributed by atoms with Crippen molar-refractivity contribution in [2.24, 2.45) is 0 Å². The summed E-state index contributed by atoms with van der Waals surface area (Å²) in [4.78, 5) is 29.9. The molecule has 8 heteroatoms. The highest BCUT2D eigenvalue weighted by Crippen LogP contribution is 2.32. The first-order chi connectivity index (χ1) is 14.5. The highest BCUT2D eigenvalue weighted by Gasteiger charge is 2.15. The molecule has 1 fully saturated rings. The van der Waals surface area contributed by atoms with Crippen LogP contribution in [0.5, 0.6) is 0 Å². The standard InChI is InChI=1S/C22H29N5O2S/c1-16-21-20(17-6-3-4-7-18(17)30-21)22(29)27(24-16)10-5-8-19(28)23-9-11-26-14-12-25(2)13-15-26/h3-4,6-7H,5,8-15H2,1-2H3,(H,23,28). The van der Waals surface area contributed by atoms with Crippen LogP contribution in [0.2, 0.25) is 0 Å². The number of hydrogen-bond donors (Lipinski definition) is 1. The third kappa shape index (κ3) is 4.55. The normalized spacial score (nSPS) is 15.8. The number of aryl methyl sites for hydroxylation is 2. The number of thiophene rings is 1.